The first-order valence-electron chi connectivity index (χ1n) is 6.82. The molecule has 1 N–H and O–H groups in total. The summed E-state index contributed by atoms with van der Waals surface area (Å²) in [6, 6.07) is 4.84. The highest BCUT2D eigenvalue weighted by Crippen LogP contribution is 2.29. The van der Waals surface area contributed by atoms with Crippen molar-refractivity contribution in [1.82, 2.24) is 5.32 Å². The van der Waals surface area contributed by atoms with Crippen LogP contribution in [-0.4, -0.2) is 40.8 Å². The monoisotopic (exact) mass is 325 g/mol. The molecule has 1 aliphatic heterocycles. The number of alkyl halides is 3. The van der Waals surface area contributed by atoms with Crippen molar-refractivity contribution in [2.45, 2.75) is 44.3 Å². The third kappa shape index (κ3) is 5.60. The van der Waals surface area contributed by atoms with E-state index in [1.165, 1.54) is 12.1 Å². The maximum atomic E-state index is 12.6. The van der Waals surface area contributed by atoms with E-state index in [9.17, 15) is 22.8 Å². The maximum absolute atomic E-state index is 12.6. The molecule has 1 atom stereocenters. The fraction of sp³-hybridized carbons (Fsp3) is 0.467. The van der Waals surface area contributed by atoms with Crippen LogP contribution in [0.15, 0.2) is 24.3 Å². The molecule has 0 aliphatic carbocycles. The fourth-order valence-corrected chi connectivity index (χ4v) is 2.40. The van der Waals surface area contributed by atoms with Gasteiger partial charge in [0.05, 0.1) is 5.56 Å². The third-order valence-corrected chi connectivity index (χ3v) is 3.51. The Morgan fingerprint density at radius 1 is 1.32 bits per heavy atom. The van der Waals surface area contributed by atoms with Crippen molar-refractivity contribution in [2.24, 2.45) is 0 Å². The molecule has 1 aromatic rings. The molecule has 0 radical (unpaired) electrons. The van der Waals surface area contributed by atoms with E-state index in [4.69, 9.17) is 0 Å². The summed E-state index contributed by atoms with van der Waals surface area (Å²) in [5.74, 6) is -0.124. The Bertz CT molecular complexity index is 546. The Kier molecular flexibility index (Phi) is 6.86. The lowest BCUT2D eigenvalue weighted by molar-refractivity contribution is -0.137. The molecule has 2 rings (SSSR count). The van der Waals surface area contributed by atoms with Gasteiger partial charge in [0.1, 0.15) is 5.78 Å². The Labute approximate surface area is 142 Å². The molecular weight excluding hydrogens is 307 g/mol. The molecular formula is C15H18F3MgNO2. The van der Waals surface area contributed by atoms with Gasteiger partial charge in [-0.15, -0.1) is 0 Å². The summed E-state index contributed by atoms with van der Waals surface area (Å²) >= 11 is 0. The lowest BCUT2D eigenvalue weighted by Crippen LogP contribution is -2.25. The first-order chi connectivity index (χ1) is 9.84. The first-order valence-corrected chi connectivity index (χ1v) is 6.82. The summed E-state index contributed by atoms with van der Waals surface area (Å²) in [5.41, 5.74) is -0.374. The minimum Gasteiger partial charge on any atom is -0.353 e. The van der Waals surface area contributed by atoms with Crippen LogP contribution >= 0.6 is 0 Å². The minimum absolute atomic E-state index is 0. The highest BCUT2D eigenvalue weighted by atomic mass is 24.3. The predicted molar refractivity (Wildman–Crippen MR) is 79.1 cm³/mol. The number of carbonyl (C=O) groups excluding carboxylic acids is 2. The van der Waals surface area contributed by atoms with Gasteiger partial charge in [-0.25, -0.2) is 0 Å². The molecule has 1 fully saturated rings. The van der Waals surface area contributed by atoms with Gasteiger partial charge >= 0.3 is 29.2 Å². The van der Waals surface area contributed by atoms with Crippen molar-refractivity contribution in [3.8, 4) is 0 Å². The van der Waals surface area contributed by atoms with E-state index in [1.807, 2.05) is 0 Å². The number of hydrogen-bond donors (Lipinski definition) is 1. The second-order valence-electron chi connectivity index (χ2n) is 5.26. The van der Waals surface area contributed by atoms with Gasteiger partial charge in [0, 0.05) is 25.3 Å². The second kappa shape index (κ2) is 7.96. The zero-order valence-corrected chi connectivity index (χ0v) is 11.4. The van der Waals surface area contributed by atoms with Crippen LogP contribution in [0.25, 0.3) is 0 Å². The van der Waals surface area contributed by atoms with Gasteiger partial charge in [0.15, 0.2) is 0 Å². The normalized spacial score (nSPS) is 17.8. The number of amides is 1. The number of hydrogen-bond acceptors (Lipinski definition) is 2. The van der Waals surface area contributed by atoms with E-state index in [0.717, 1.165) is 18.6 Å². The standard InChI is InChI=1S/C15H16F3NO2.Mg.2H/c16-15(17,18)11-3-1-2-10(8-11)9-13(20)6-4-12-5-7-14(21)19-12;;;/h1-3,8,12H,4-7,9H2,(H,19,21);;;. The van der Waals surface area contributed by atoms with Crippen molar-refractivity contribution >= 4 is 34.7 Å². The number of benzene rings is 1. The van der Waals surface area contributed by atoms with E-state index in [-0.39, 0.29) is 53.6 Å². The molecule has 1 amide bonds. The zero-order valence-electron chi connectivity index (χ0n) is 11.4. The molecule has 22 heavy (non-hydrogen) atoms. The molecule has 1 saturated heterocycles. The zero-order chi connectivity index (χ0) is 15.5. The third-order valence-electron chi connectivity index (χ3n) is 3.51. The van der Waals surface area contributed by atoms with Crippen molar-refractivity contribution in [2.75, 3.05) is 0 Å². The predicted octanol–water partition coefficient (Wildman–Crippen LogP) is 1.96. The van der Waals surface area contributed by atoms with Crippen molar-refractivity contribution < 1.29 is 22.8 Å². The number of ketones is 1. The molecule has 0 saturated carbocycles. The molecule has 1 heterocycles. The largest absolute Gasteiger partial charge is 0.416 e. The highest BCUT2D eigenvalue weighted by Gasteiger charge is 2.30. The van der Waals surface area contributed by atoms with Crippen LogP contribution in [0.5, 0.6) is 0 Å². The number of nitrogens with one attached hydrogen (secondary N) is 1. The van der Waals surface area contributed by atoms with Gasteiger partial charge in [-0.2, -0.15) is 13.2 Å². The average molecular weight is 326 g/mol. The summed E-state index contributed by atoms with van der Waals surface area (Å²) < 4.78 is 37.7. The lowest BCUT2D eigenvalue weighted by atomic mass is 10.0. The van der Waals surface area contributed by atoms with Crippen LogP contribution in [0.2, 0.25) is 0 Å². The van der Waals surface area contributed by atoms with Crippen molar-refractivity contribution in [3.05, 3.63) is 35.4 Å². The fourth-order valence-electron chi connectivity index (χ4n) is 2.40. The smallest absolute Gasteiger partial charge is 0.353 e. The van der Waals surface area contributed by atoms with Crippen LogP contribution in [0.4, 0.5) is 13.2 Å². The van der Waals surface area contributed by atoms with E-state index in [0.29, 0.717) is 18.4 Å². The van der Waals surface area contributed by atoms with Crippen LogP contribution in [0, 0.1) is 0 Å². The van der Waals surface area contributed by atoms with Crippen LogP contribution < -0.4 is 5.32 Å². The lowest BCUT2D eigenvalue weighted by Gasteiger charge is -2.10. The number of Topliss-reactive ketones (excluding diaryl/α,β-unsaturated/α-hetero) is 1. The van der Waals surface area contributed by atoms with E-state index >= 15 is 0 Å². The van der Waals surface area contributed by atoms with Crippen LogP contribution in [0.1, 0.15) is 36.8 Å². The molecule has 7 heteroatoms. The Morgan fingerprint density at radius 2 is 2.05 bits per heavy atom. The number of halogens is 3. The van der Waals surface area contributed by atoms with Crippen molar-refractivity contribution in [3.63, 3.8) is 0 Å². The SMILES string of the molecule is O=C(CCC1CCC(=O)N1)Cc1cccc(C(F)(F)F)c1.[MgH2]. The Morgan fingerprint density at radius 3 is 2.64 bits per heavy atom. The second-order valence-corrected chi connectivity index (χ2v) is 5.26. The average Bonchev–Trinajstić information content (AvgIpc) is 2.82. The van der Waals surface area contributed by atoms with Gasteiger partial charge in [-0.05, 0) is 24.5 Å². The minimum atomic E-state index is -4.40. The molecule has 3 nitrogen and oxygen atoms in total. The van der Waals surface area contributed by atoms with Crippen molar-refractivity contribution in [1.29, 1.82) is 0 Å². The Balaban J connectivity index is 0.00000242. The molecule has 0 spiro atoms. The maximum Gasteiger partial charge on any atom is 0.416 e. The summed E-state index contributed by atoms with van der Waals surface area (Å²) in [6.45, 7) is 0. The summed E-state index contributed by atoms with van der Waals surface area (Å²) in [6.07, 6.45) is -2.40. The Hall–Kier alpha value is -1.08. The van der Waals surface area contributed by atoms with Crippen LogP contribution in [-0.2, 0) is 22.2 Å². The summed E-state index contributed by atoms with van der Waals surface area (Å²) in [4.78, 5) is 22.8. The molecule has 0 bridgehead atoms. The molecule has 1 aromatic carbocycles. The number of rotatable bonds is 5. The van der Waals surface area contributed by atoms with E-state index in [1.54, 1.807) is 0 Å². The first kappa shape index (κ1) is 19.0. The summed E-state index contributed by atoms with van der Waals surface area (Å²) in [5, 5.41) is 2.76. The van der Waals surface area contributed by atoms with Crippen LogP contribution in [0.3, 0.4) is 0 Å². The van der Waals surface area contributed by atoms with E-state index in [2.05, 4.69) is 5.32 Å². The highest BCUT2D eigenvalue weighted by molar-refractivity contribution is 5.81. The van der Waals surface area contributed by atoms with Gasteiger partial charge in [-0.3, -0.25) is 9.59 Å². The van der Waals surface area contributed by atoms with Gasteiger partial charge in [0.25, 0.3) is 0 Å². The van der Waals surface area contributed by atoms with Gasteiger partial charge < -0.3 is 5.32 Å². The molecule has 118 valence electrons. The molecule has 1 unspecified atom stereocenters. The van der Waals surface area contributed by atoms with Gasteiger partial charge in [-0.1, -0.05) is 18.2 Å². The summed E-state index contributed by atoms with van der Waals surface area (Å²) in [7, 11) is 0. The number of carbonyl (C=O) groups is 2. The molecule has 0 aromatic heterocycles. The molecule has 1 aliphatic rings. The van der Waals surface area contributed by atoms with Gasteiger partial charge in [0.2, 0.25) is 5.91 Å². The topological polar surface area (TPSA) is 46.2 Å². The van der Waals surface area contributed by atoms with E-state index < -0.39 is 11.7 Å². The quantitative estimate of drug-likeness (QED) is 0.841.